The van der Waals surface area contributed by atoms with Crippen molar-refractivity contribution in [3.63, 3.8) is 0 Å². The van der Waals surface area contributed by atoms with E-state index in [4.69, 9.17) is 0 Å². The molecule has 0 aliphatic heterocycles. The molecule has 0 saturated carbocycles. The van der Waals surface area contributed by atoms with Crippen molar-refractivity contribution in [2.75, 3.05) is 0 Å². The van der Waals surface area contributed by atoms with Gasteiger partial charge in [-0.3, -0.25) is 9.59 Å². The summed E-state index contributed by atoms with van der Waals surface area (Å²) in [6.45, 7) is 1.79. The van der Waals surface area contributed by atoms with Crippen molar-refractivity contribution >= 4 is 34.5 Å². The molecule has 0 radical (unpaired) electrons. The normalized spacial score (nSPS) is 11.2. The summed E-state index contributed by atoms with van der Waals surface area (Å²) in [6.07, 6.45) is 5.50. The number of ketones is 2. The molecule has 0 fully saturated rings. The molecule has 2 aromatic rings. The number of hydrogen-bond acceptors (Lipinski definition) is 6. The minimum Gasteiger partial charge on any atom is -0.329 e. The topological polar surface area (TPSA) is 88.6 Å². The molecule has 0 aromatic carbocycles. The lowest BCUT2D eigenvalue weighted by Gasteiger charge is -1.96. The Balaban J connectivity index is 1.91. The number of hydrogen-bond donors (Lipinski definition) is 1. The minimum absolute atomic E-state index is 0.0633. The standard InChI is InChI=1S/C13H14N4O2S/c1-2-9(18)3-4-10(19)5-6-20-13-11-12(15-7-14-11)16-8-17-13/h5-8H,2-4H2,1H3,(H,14,15,16,17)/b6-5-. The van der Waals surface area contributed by atoms with Crippen LogP contribution in [0.4, 0.5) is 0 Å². The van der Waals surface area contributed by atoms with Crippen LogP contribution in [0, 0.1) is 0 Å². The van der Waals surface area contributed by atoms with Crippen LogP contribution in [0.2, 0.25) is 0 Å². The Kier molecular flexibility index (Phi) is 5.00. The molecule has 6 nitrogen and oxygen atoms in total. The zero-order valence-electron chi connectivity index (χ0n) is 11.0. The van der Waals surface area contributed by atoms with E-state index in [-0.39, 0.29) is 18.0 Å². The number of nitrogens with one attached hydrogen (secondary N) is 1. The van der Waals surface area contributed by atoms with Crippen molar-refractivity contribution < 1.29 is 9.59 Å². The number of H-pyrrole nitrogens is 1. The van der Waals surface area contributed by atoms with E-state index in [1.54, 1.807) is 18.7 Å². The number of allylic oxidation sites excluding steroid dienone is 1. The fraction of sp³-hybridized carbons (Fsp3) is 0.308. The van der Waals surface area contributed by atoms with Crippen LogP contribution in [-0.4, -0.2) is 31.5 Å². The fourth-order valence-electron chi connectivity index (χ4n) is 1.53. The Morgan fingerprint density at radius 2 is 2.15 bits per heavy atom. The lowest BCUT2D eigenvalue weighted by atomic mass is 10.1. The number of nitrogens with zero attached hydrogens (tertiary/aromatic N) is 3. The van der Waals surface area contributed by atoms with E-state index in [0.717, 1.165) is 0 Å². The van der Waals surface area contributed by atoms with Gasteiger partial charge in [0.2, 0.25) is 0 Å². The molecule has 0 amide bonds. The quantitative estimate of drug-likeness (QED) is 0.478. The molecule has 104 valence electrons. The van der Waals surface area contributed by atoms with Crippen molar-refractivity contribution in [3.8, 4) is 0 Å². The third-order valence-electron chi connectivity index (χ3n) is 2.66. The van der Waals surface area contributed by atoms with Gasteiger partial charge in [0, 0.05) is 19.3 Å². The maximum atomic E-state index is 11.6. The van der Waals surface area contributed by atoms with Gasteiger partial charge in [0.1, 0.15) is 22.7 Å². The number of rotatable bonds is 7. The lowest BCUT2D eigenvalue weighted by molar-refractivity contribution is -0.122. The van der Waals surface area contributed by atoms with Crippen LogP contribution in [0.25, 0.3) is 11.2 Å². The van der Waals surface area contributed by atoms with Gasteiger partial charge in [-0.05, 0) is 11.5 Å². The lowest BCUT2D eigenvalue weighted by Crippen LogP contribution is -2.00. The van der Waals surface area contributed by atoms with Crippen LogP contribution in [0.3, 0.4) is 0 Å². The summed E-state index contributed by atoms with van der Waals surface area (Å²) < 4.78 is 0. The van der Waals surface area contributed by atoms with E-state index in [0.29, 0.717) is 29.0 Å². The van der Waals surface area contributed by atoms with E-state index >= 15 is 0 Å². The SMILES string of the molecule is CCC(=O)CCC(=O)/C=C\Sc1ncnc2[nH]cnc12. The van der Waals surface area contributed by atoms with Crippen molar-refractivity contribution in [1.82, 2.24) is 19.9 Å². The summed E-state index contributed by atoms with van der Waals surface area (Å²) in [4.78, 5) is 37.8. The molecule has 0 atom stereocenters. The third kappa shape index (κ3) is 3.74. The molecule has 0 unspecified atom stereocenters. The highest BCUT2D eigenvalue weighted by Crippen LogP contribution is 2.22. The van der Waals surface area contributed by atoms with Gasteiger partial charge in [0.15, 0.2) is 11.4 Å². The largest absolute Gasteiger partial charge is 0.329 e. The van der Waals surface area contributed by atoms with Gasteiger partial charge >= 0.3 is 0 Å². The number of thioether (sulfide) groups is 1. The first-order valence-electron chi connectivity index (χ1n) is 6.22. The molecule has 0 aliphatic rings. The third-order valence-corrected chi connectivity index (χ3v) is 3.46. The van der Waals surface area contributed by atoms with Crippen LogP contribution in [0.5, 0.6) is 0 Å². The smallest absolute Gasteiger partial charge is 0.161 e. The molecule has 7 heteroatoms. The second kappa shape index (κ2) is 6.95. The highest BCUT2D eigenvalue weighted by molar-refractivity contribution is 8.02. The second-order valence-electron chi connectivity index (χ2n) is 4.06. The van der Waals surface area contributed by atoms with E-state index in [1.807, 2.05) is 0 Å². The van der Waals surface area contributed by atoms with Crippen molar-refractivity contribution in [2.24, 2.45) is 0 Å². The molecular formula is C13H14N4O2S. The Morgan fingerprint density at radius 1 is 1.30 bits per heavy atom. The Morgan fingerprint density at radius 3 is 2.95 bits per heavy atom. The number of Topliss-reactive ketones (excluding diaryl/α,β-unsaturated/α-hetero) is 1. The van der Waals surface area contributed by atoms with Gasteiger partial charge in [-0.25, -0.2) is 15.0 Å². The van der Waals surface area contributed by atoms with Gasteiger partial charge < -0.3 is 4.98 Å². The summed E-state index contributed by atoms with van der Waals surface area (Å²) in [5, 5.41) is 2.35. The number of imidazole rings is 1. The second-order valence-corrected chi connectivity index (χ2v) is 4.95. The summed E-state index contributed by atoms with van der Waals surface area (Å²) in [5.41, 5.74) is 1.34. The highest BCUT2D eigenvalue weighted by atomic mass is 32.2. The number of aromatic nitrogens is 4. The molecule has 2 rings (SSSR count). The summed E-state index contributed by atoms with van der Waals surface area (Å²) in [7, 11) is 0. The number of carbonyl (C=O) groups is 2. The molecule has 0 bridgehead atoms. The Labute approximate surface area is 120 Å². The van der Waals surface area contributed by atoms with E-state index < -0.39 is 0 Å². The van der Waals surface area contributed by atoms with Crippen molar-refractivity contribution in [1.29, 1.82) is 0 Å². The highest BCUT2D eigenvalue weighted by Gasteiger charge is 2.06. The molecule has 2 aromatic heterocycles. The number of carbonyl (C=O) groups excluding carboxylic acids is 2. The van der Waals surface area contributed by atoms with Gasteiger partial charge in [0.25, 0.3) is 0 Å². The molecular weight excluding hydrogens is 276 g/mol. The summed E-state index contributed by atoms with van der Waals surface area (Å²) in [6, 6.07) is 0. The van der Waals surface area contributed by atoms with Crippen molar-refractivity contribution in [2.45, 2.75) is 31.2 Å². The van der Waals surface area contributed by atoms with E-state index in [9.17, 15) is 9.59 Å². The van der Waals surface area contributed by atoms with Gasteiger partial charge in [0.05, 0.1) is 6.33 Å². The monoisotopic (exact) mass is 290 g/mol. The fourth-order valence-corrected chi connectivity index (χ4v) is 2.24. The molecule has 0 aliphatic carbocycles. The van der Waals surface area contributed by atoms with E-state index in [1.165, 1.54) is 24.2 Å². The zero-order valence-corrected chi connectivity index (χ0v) is 11.8. The summed E-state index contributed by atoms with van der Waals surface area (Å²) in [5.74, 6) is 0.0417. The Bertz CT molecular complexity index is 651. The maximum Gasteiger partial charge on any atom is 0.161 e. The number of fused-ring (bicyclic) bond motifs is 1. The first-order valence-corrected chi connectivity index (χ1v) is 7.10. The predicted molar refractivity (Wildman–Crippen MR) is 76.2 cm³/mol. The molecule has 0 spiro atoms. The van der Waals surface area contributed by atoms with Crippen LogP contribution < -0.4 is 0 Å². The number of aromatic amines is 1. The predicted octanol–water partition coefficient (Wildman–Crippen LogP) is 2.29. The van der Waals surface area contributed by atoms with Gasteiger partial charge in [-0.1, -0.05) is 18.7 Å². The van der Waals surface area contributed by atoms with Gasteiger partial charge in [-0.2, -0.15) is 0 Å². The average Bonchev–Trinajstić information content (AvgIpc) is 2.94. The molecule has 0 saturated heterocycles. The zero-order chi connectivity index (χ0) is 14.4. The first kappa shape index (κ1) is 14.4. The van der Waals surface area contributed by atoms with E-state index in [2.05, 4.69) is 19.9 Å². The molecule has 20 heavy (non-hydrogen) atoms. The minimum atomic E-state index is -0.0633. The van der Waals surface area contributed by atoms with Crippen molar-refractivity contribution in [3.05, 3.63) is 24.1 Å². The van der Waals surface area contributed by atoms with Crippen LogP contribution in [0.1, 0.15) is 26.2 Å². The molecule has 1 N–H and O–H groups in total. The van der Waals surface area contributed by atoms with Crippen LogP contribution in [-0.2, 0) is 9.59 Å². The Hall–Kier alpha value is -2.02. The maximum absolute atomic E-state index is 11.6. The van der Waals surface area contributed by atoms with Crippen LogP contribution in [0.15, 0.2) is 29.2 Å². The molecule has 2 heterocycles. The summed E-state index contributed by atoms with van der Waals surface area (Å²) >= 11 is 1.30. The van der Waals surface area contributed by atoms with Crippen LogP contribution >= 0.6 is 11.8 Å². The first-order chi connectivity index (χ1) is 9.70. The average molecular weight is 290 g/mol. The van der Waals surface area contributed by atoms with Gasteiger partial charge in [-0.15, -0.1) is 0 Å².